The molecule has 1 unspecified atom stereocenters. The van der Waals surface area contributed by atoms with Crippen LogP contribution in [0.1, 0.15) is 19.8 Å². The van der Waals surface area contributed by atoms with Gasteiger partial charge in [0.2, 0.25) is 0 Å². The van der Waals surface area contributed by atoms with Gasteiger partial charge in [0.05, 0.1) is 0 Å². The molecule has 0 amide bonds. The second-order valence-corrected chi connectivity index (χ2v) is 4.84. The highest BCUT2D eigenvalue weighted by atomic mass is 15.1. The zero-order valence-corrected chi connectivity index (χ0v) is 10.3. The van der Waals surface area contributed by atoms with Crippen molar-refractivity contribution < 1.29 is 0 Å². The molecule has 2 rings (SSSR count). The van der Waals surface area contributed by atoms with Crippen molar-refractivity contribution in [1.82, 2.24) is 5.32 Å². The second kappa shape index (κ2) is 5.35. The van der Waals surface area contributed by atoms with Gasteiger partial charge in [-0.3, -0.25) is 0 Å². The number of hydrogen-bond acceptors (Lipinski definition) is 2. The number of anilines is 1. The van der Waals surface area contributed by atoms with Gasteiger partial charge in [0.25, 0.3) is 0 Å². The Kier molecular flexibility index (Phi) is 3.83. The fourth-order valence-electron chi connectivity index (χ4n) is 2.03. The Morgan fingerprint density at radius 3 is 2.62 bits per heavy atom. The SMILES string of the molecule is CC(NCCN(C)c1ccccc1)C1CC1. The largest absolute Gasteiger partial charge is 0.373 e. The summed E-state index contributed by atoms with van der Waals surface area (Å²) in [5, 5.41) is 3.60. The average Bonchev–Trinajstić information content (AvgIpc) is 3.14. The van der Waals surface area contributed by atoms with Crippen LogP contribution < -0.4 is 10.2 Å². The Morgan fingerprint density at radius 2 is 2.00 bits per heavy atom. The van der Waals surface area contributed by atoms with Gasteiger partial charge >= 0.3 is 0 Å². The van der Waals surface area contributed by atoms with Crippen molar-refractivity contribution in [3.8, 4) is 0 Å². The molecule has 0 radical (unpaired) electrons. The molecule has 0 aliphatic heterocycles. The Hall–Kier alpha value is -1.02. The van der Waals surface area contributed by atoms with Gasteiger partial charge in [0, 0.05) is 31.9 Å². The highest BCUT2D eigenvalue weighted by Gasteiger charge is 2.27. The predicted molar refractivity (Wildman–Crippen MR) is 69.9 cm³/mol. The van der Waals surface area contributed by atoms with Crippen LogP contribution in [0.15, 0.2) is 30.3 Å². The predicted octanol–water partition coefficient (Wildman–Crippen LogP) is 2.51. The Morgan fingerprint density at radius 1 is 1.31 bits per heavy atom. The molecule has 1 atom stereocenters. The van der Waals surface area contributed by atoms with E-state index in [1.54, 1.807) is 0 Å². The summed E-state index contributed by atoms with van der Waals surface area (Å²) in [5.41, 5.74) is 1.29. The van der Waals surface area contributed by atoms with Crippen LogP contribution in [0, 0.1) is 5.92 Å². The smallest absolute Gasteiger partial charge is 0.0364 e. The molecule has 0 spiro atoms. The van der Waals surface area contributed by atoms with E-state index in [2.05, 4.69) is 54.5 Å². The van der Waals surface area contributed by atoms with Crippen LogP contribution >= 0.6 is 0 Å². The number of likely N-dealkylation sites (N-methyl/N-ethyl adjacent to an activating group) is 1. The summed E-state index contributed by atoms with van der Waals surface area (Å²) in [6.07, 6.45) is 2.84. The topological polar surface area (TPSA) is 15.3 Å². The lowest BCUT2D eigenvalue weighted by molar-refractivity contribution is 0.501. The maximum absolute atomic E-state index is 3.60. The molecule has 1 aliphatic carbocycles. The van der Waals surface area contributed by atoms with E-state index >= 15 is 0 Å². The summed E-state index contributed by atoms with van der Waals surface area (Å²) < 4.78 is 0. The lowest BCUT2D eigenvalue weighted by atomic mass is 10.2. The zero-order chi connectivity index (χ0) is 11.4. The van der Waals surface area contributed by atoms with Crippen molar-refractivity contribution in [3.05, 3.63) is 30.3 Å². The Balaban J connectivity index is 1.69. The zero-order valence-electron chi connectivity index (χ0n) is 10.3. The summed E-state index contributed by atoms with van der Waals surface area (Å²) in [6.45, 7) is 4.45. The minimum Gasteiger partial charge on any atom is -0.373 e. The molecule has 1 aliphatic rings. The summed E-state index contributed by atoms with van der Waals surface area (Å²) in [5.74, 6) is 0.946. The third-order valence-corrected chi connectivity index (χ3v) is 3.44. The number of rotatable bonds is 6. The van der Waals surface area contributed by atoms with E-state index < -0.39 is 0 Å². The molecule has 1 aromatic rings. The van der Waals surface area contributed by atoms with Crippen molar-refractivity contribution in [1.29, 1.82) is 0 Å². The number of nitrogens with zero attached hydrogens (tertiary/aromatic N) is 1. The van der Waals surface area contributed by atoms with E-state index in [1.807, 2.05) is 0 Å². The van der Waals surface area contributed by atoms with Crippen LogP contribution in [0.25, 0.3) is 0 Å². The van der Waals surface area contributed by atoms with Gasteiger partial charge in [-0.05, 0) is 37.8 Å². The molecule has 88 valence electrons. The molecule has 0 aromatic heterocycles. The van der Waals surface area contributed by atoms with Crippen molar-refractivity contribution in [2.24, 2.45) is 5.92 Å². The first-order chi connectivity index (χ1) is 7.77. The van der Waals surface area contributed by atoms with Crippen molar-refractivity contribution in [2.45, 2.75) is 25.8 Å². The van der Waals surface area contributed by atoms with Crippen LogP contribution in [0.5, 0.6) is 0 Å². The molecule has 1 N–H and O–H groups in total. The third kappa shape index (κ3) is 3.24. The van der Waals surface area contributed by atoms with Crippen LogP contribution in [0.4, 0.5) is 5.69 Å². The van der Waals surface area contributed by atoms with Gasteiger partial charge in [0.15, 0.2) is 0 Å². The van der Waals surface area contributed by atoms with Gasteiger partial charge in [-0.1, -0.05) is 18.2 Å². The minimum absolute atomic E-state index is 0.698. The Labute approximate surface area is 98.7 Å². The Bertz CT molecular complexity index is 306. The first-order valence-corrected chi connectivity index (χ1v) is 6.27. The maximum Gasteiger partial charge on any atom is 0.0364 e. The highest BCUT2D eigenvalue weighted by molar-refractivity contribution is 5.44. The van der Waals surface area contributed by atoms with Crippen molar-refractivity contribution in [3.63, 3.8) is 0 Å². The molecule has 1 saturated carbocycles. The fraction of sp³-hybridized carbons (Fsp3) is 0.571. The molecule has 1 aromatic carbocycles. The van der Waals surface area contributed by atoms with Gasteiger partial charge < -0.3 is 10.2 Å². The standard InChI is InChI=1S/C14H22N2/c1-12(13-8-9-13)15-10-11-16(2)14-6-4-3-5-7-14/h3-7,12-13,15H,8-11H2,1-2H3. The molecule has 16 heavy (non-hydrogen) atoms. The van der Waals surface area contributed by atoms with Gasteiger partial charge in [-0.2, -0.15) is 0 Å². The lowest BCUT2D eigenvalue weighted by Gasteiger charge is -2.21. The number of nitrogens with one attached hydrogen (secondary N) is 1. The number of para-hydroxylation sites is 1. The van der Waals surface area contributed by atoms with Crippen LogP contribution in [-0.4, -0.2) is 26.2 Å². The van der Waals surface area contributed by atoms with Crippen LogP contribution in [0.3, 0.4) is 0 Å². The molecule has 2 nitrogen and oxygen atoms in total. The molecular weight excluding hydrogens is 196 g/mol. The highest BCUT2D eigenvalue weighted by Crippen LogP contribution is 2.32. The second-order valence-electron chi connectivity index (χ2n) is 4.84. The molecule has 0 bridgehead atoms. The monoisotopic (exact) mass is 218 g/mol. The maximum atomic E-state index is 3.60. The third-order valence-electron chi connectivity index (χ3n) is 3.44. The van der Waals surface area contributed by atoms with Gasteiger partial charge in [-0.15, -0.1) is 0 Å². The average molecular weight is 218 g/mol. The quantitative estimate of drug-likeness (QED) is 0.789. The first kappa shape index (κ1) is 11.5. The summed E-state index contributed by atoms with van der Waals surface area (Å²) in [6, 6.07) is 11.3. The van der Waals surface area contributed by atoms with Gasteiger partial charge in [0.1, 0.15) is 0 Å². The molecule has 2 heteroatoms. The number of benzene rings is 1. The van der Waals surface area contributed by atoms with E-state index in [4.69, 9.17) is 0 Å². The van der Waals surface area contributed by atoms with E-state index in [0.29, 0.717) is 6.04 Å². The van der Waals surface area contributed by atoms with Crippen LogP contribution in [-0.2, 0) is 0 Å². The van der Waals surface area contributed by atoms with Crippen molar-refractivity contribution >= 4 is 5.69 Å². The lowest BCUT2D eigenvalue weighted by Crippen LogP contribution is -2.35. The van der Waals surface area contributed by atoms with E-state index in [1.165, 1.54) is 18.5 Å². The van der Waals surface area contributed by atoms with Crippen molar-refractivity contribution in [2.75, 3.05) is 25.0 Å². The normalized spacial score (nSPS) is 17.1. The minimum atomic E-state index is 0.698. The molecule has 0 heterocycles. The molecule has 0 saturated heterocycles. The first-order valence-electron chi connectivity index (χ1n) is 6.27. The van der Waals surface area contributed by atoms with E-state index in [-0.39, 0.29) is 0 Å². The van der Waals surface area contributed by atoms with Gasteiger partial charge in [-0.25, -0.2) is 0 Å². The number of hydrogen-bond donors (Lipinski definition) is 1. The summed E-state index contributed by atoms with van der Waals surface area (Å²) in [4.78, 5) is 2.30. The molecular formula is C14H22N2. The van der Waals surface area contributed by atoms with Crippen LogP contribution in [0.2, 0.25) is 0 Å². The fourth-order valence-corrected chi connectivity index (χ4v) is 2.03. The van der Waals surface area contributed by atoms with E-state index in [9.17, 15) is 0 Å². The molecule has 1 fully saturated rings. The summed E-state index contributed by atoms with van der Waals surface area (Å²) >= 11 is 0. The van der Waals surface area contributed by atoms with E-state index in [0.717, 1.165) is 19.0 Å². The summed E-state index contributed by atoms with van der Waals surface area (Å²) in [7, 11) is 2.15.